The number of hydrogen-bond acceptors (Lipinski definition) is 4. The summed E-state index contributed by atoms with van der Waals surface area (Å²) in [5.41, 5.74) is 1.80. The van der Waals surface area contributed by atoms with Crippen LogP contribution in [0.15, 0.2) is 18.2 Å². The summed E-state index contributed by atoms with van der Waals surface area (Å²) in [4.78, 5) is 10.5. The Morgan fingerprint density at radius 1 is 1.56 bits per heavy atom. The van der Waals surface area contributed by atoms with Gasteiger partial charge in [0.05, 0.1) is 16.7 Å². The molecule has 0 saturated heterocycles. The van der Waals surface area contributed by atoms with E-state index in [4.69, 9.17) is 5.26 Å². The average molecular weight is 236 g/mol. The van der Waals surface area contributed by atoms with Crippen molar-refractivity contribution >= 4 is 17.4 Å². The van der Waals surface area contributed by atoms with Gasteiger partial charge in [-0.15, -0.1) is 11.8 Å². The molecule has 0 radical (unpaired) electrons. The van der Waals surface area contributed by atoms with Crippen molar-refractivity contribution < 1.29 is 4.92 Å². The lowest BCUT2D eigenvalue weighted by Gasteiger charge is -2.02. The minimum atomic E-state index is -0.350. The van der Waals surface area contributed by atoms with E-state index in [0.717, 1.165) is 16.9 Å². The molecule has 0 N–H and O–H groups in total. The number of rotatable bonds is 5. The lowest BCUT2D eigenvalue weighted by Crippen LogP contribution is -1.98. The third kappa shape index (κ3) is 3.55. The van der Waals surface area contributed by atoms with Crippen molar-refractivity contribution in [2.45, 2.75) is 13.3 Å². The van der Waals surface area contributed by atoms with Crippen molar-refractivity contribution in [3.05, 3.63) is 39.4 Å². The van der Waals surface area contributed by atoms with Crippen LogP contribution in [-0.2, 0) is 6.42 Å². The maximum atomic E-state index is 10.8. The molecule has 0 atom stereocenters. The van der Waals surface area contributed by atoms with Crippen molar-refractivity contribution in [2.75, 3.05) is 11.5 Å². The molecule has 84 valence electrons. The van der Waals surface area contributed by atoms with Crippen LogP contribution in [-0.4, -0.2) is 16.4 Å². The third-order valence-electron chi connectivity index (χ3n) is 2.12. The van der Waals surface area contributed by atoms with Gasteiger partial charge in [0.25, 0.3) is 5.69 Å². The minimum absolute atomic E-state index is 0.178. The maximum Gasteiger partial charge on any atom is 0.272 e. The number of nitro groups is 1. The molecule has 0 aliphatic heterocycles. The zero-order chi connectivity index (χ0) is 12.0. The Hall–Kier alpha value is -1.54. The zero-order valence-corrected chi connectivity index (χ0v) is 9.79. The summed E-state index contributed by atoms with van der Waals surface area (Å²) >= 11 is 1.49. The Bertz CT molecular complexity index is 426. The Kier molecular flexibility index (Phi) is 4.80. The number of nitrogens with zero attached hydrogens (tertiary/aromatic N) is 2. The molecule has 16 heavy (non-hydrogen) atoms. The highest BCUT2D eigenvalue weighted by Gasteiger charge is 2.12. The van der Waals surface area contributed by atoms with Crippen LogP contribution in [0.5, 0.6) is 0 Å². The van der Waals surface area contributed by atoms with E-state index in [1.54, 1.807) is 12.1 Å². The van der Waals surface area contributed by atoms with Gasteiger partial charge in [0, 0.05) is 11.6 Å². The van der Waals surface area contributed by atoms with Crippen LogP contribution in [0.25, 0.3) is 0 Å². The fourth-order valence-corrected chi connectivity index (χ4v) is 1.96. The van der Waals surface area contributed by atoms with Gasteiger partial charge in [-0.25, -0.2) is 0 Å². The summed E-state index contributed by atoms with van der Waals surface area (Å²) in [6.07, 6.45) is 0.628. The van der Waals surface area contributed by atoms with Crippen molar-refractivity contribution in [2.24, 2.45) is 0 Å². The van der Waals surface area contributed by atoms with Gasteiger partial charge in [0.1, 0.15) is 0 Å². The Balaban J connectivity index is 2.72. The lowest BCUT2D eigenvalue weighted by molar-refractivity contribution is -0.385. The van der Waals surface area contributed by atoms with Crippen LogP contribution in [0.1, 0.15) is 11.1 Å². The molecule has 0 aromatic heterocycles. The van der Waals surface area contributed by atoms with E-state index in [-0.39, 0.29) is 10.6 Å². The van der Waals surface area contributed by atoms with E-state index in [1.807, 2.05) is 19.1 Å². The standard InChI is InChI=1S/C11H12N2O2S/c1-9-2-3-10(4-6-16-7-5-12)11(8-9)13(14)15/h2-3,8H,4,6-7H2,1H3. The summed E-state index contributed by atoms with van der Waals surface area (Å²) in [7, 11) is 0. The summed E-state index contributed by atoms with van der Waals surface area (Å²) in [6, 6.07) is 7.28. The van der Waals surface area contributed by atoms with Gasteiger partial charge in [0.15, 0.2) is 0 Å². The molecule has 1 aromatic carbocycles. The van der Waals surface area contributed by atoms with E-state index in [1.165, 1.54) is 11.8 Å². The number of aryl methyl sites for hydroxylation is 2. The monoisotopic (exact) mass is 236 g/mol. The molecule has 0 aliphatic carbocycles. The zero-order valence-electron chi connectivity index (χ0n) is 8.97. The number of benzene rings is 1. The van der Waals surface area contributed by atoms with Gasteiger partial charge in [-0.05, 0) is 24.7 Å². The fourth-order valence-electron chi connectivity index (χ4n) is 1.36. The number of nitro benzene ring substituents is 1. The van der Waals surface area contributed by atoms with E-state index in [9.17, 15) is 10.1 Å². The first-order chi connectivity index (χ1) is 7.65. The maximum absolute atomic E-state index is 10.8. The molecule has 0 heterocycles. The second-order valence-electron chi connectivity index (χ2n) is 3.35. The summed E-state index contributed by atoms with van der Waals surface area (Å²) < 4.78 is 0. The summed E-state index contributed by atoms with van der Waals surface area (Å²) in [5.74, 6) is 1.16. The molecule has 0 amide bonds. The Labute approximate surface area is 98.4 Å². The minimum Gasteiger partial charge on any atom is -0.258 e. The second-order valence-corrected chi connectivity index (χ2v) is 4.46. The first-order valence-electron chi connectivity index (χ1n) is 4.83. The van der Waals surface area contributed by atoms with E-state index in [2.05, 4.69) is 0 Å². The first-order valence-corrected chi connectivity index (χ1v) is 5.99. The molecular formula is C11H12N2O2S. The van der Waals surface area contributed by atoms with Gasteiger partial charge in [-0.3, -0.25) is 10.1 Å². The van der Waals surface area contributed by atoms with Crippen LogP contribution < -0.4 is 0 Å². The average Bonchev–Trinajstić information content (AvgIpc) is 2.26. The third-order valence-corrected chi connectivity index (χ3v) is 2.95. The van der Waals surface area contributed by atoms with E-state index < -0.39 is 0 Å². The summed E-state index contributed by atoms with van der Waals surface area (Å²) in [6.45, 7) is 1.83. The predicted octanol–water partition coefficient (Wildman–Crippen LogP) is 2.70. The van der Waals surface area contributed by atoms with Crippen molar-refractivity contribution in [3.8, 4) is 6.07 Å². The molecule has 0 fully saturated rings. The number of hydrogen-bond donors (Lipinski definition) is 0. The van der Waals surface area contributed by atoms with Crippen LogP contribution in [0.3, 0.4) is 0 Å². The molecule has 0 bridgehead atoms. The highest BCUT2D eigenvalue weighted by atomic mass is 32.2. The molecule has 5 heteroatoms. The van der Waals surface area contributed by atoms with Gasteiger partial charge in [-0.1, -0.05) is 12.1 Å². The molecule has 4 nitrogen and oxygen atoms in total. The van der Waals surface area contributed by atoms with Crippen molar-refractivity contribution in [1.29, 1.82) is 5.26 Å². The van der Waals surface area contributed by atoms with Crippen LogP contribution in [0, 0.1) is 28.4 Å². The largest absolute Gasteiger partial charge is 0.272 e. The van der Waals surface area contributed by atoms with Gasteiger partial charge < -0.3 is 0 Å². The second kappa shape index (κ2) is 6.13. The smallest absolute Gasteiger partial charge is 0.258 e. The van der Waals surface area contributed by atoms with Crippen molar-refractivity contribution in [1.82, 2.24) is 0 Å². The van der Waals surface area contributed by atoms with Gasteiger partial charge in [0.2, 0.25) is 0 Å². The predicted molar refractivity (Wildman–Crippen MR) is 64.5 cm³/mol. The summed E-state index contributed by atoms with van der Waals surface area (Å²) in [5, 5.41) is 19.2. The first kappa shape index (κ1) is 12.5. The quantitative estimate of drug-likeness (QED) is 0.448. The SMILES string of the molecule is Cc1ccc(CCSCC#N)c([N+](=O)[O-])c1. The van der Waals surface area contributed by atoms with Gasteiger partial charge >= 0.3 is 0 Å². The van der Waals surface area contributed by atoms with Crippen LogP contribution in [0.2, 0.25) is 0 Å². The molecule has 1 rings (SSSR count). The molecule has 0 spiro atoms. The topological polar surface area (TPSA) is 66.9 Å². The lowest BCUT2D eigenvalue weighted by atomic mass is 10.1. The van der Waals surface area contributed by atoms with E-state index >= 15 is 0 Å². The fraction of sp³-hybridized carbons (Fsp3) is 0.364. The molecule has 0 unspecified atom stereocenters. The van der Waals surface area contributed by atoms with Crippen molar-refractivity contribution in [3.63, 3.8) is 0 Å². The number of thioether (sulfide) groups is 1. The normalized spacial score (nSPS) is 9.75. The van der Waals surface area contributed by atoms with E-state index in [0.29, 0.717) is 12.2 Å². The van der Waals surface area contributed by atoms with Crippen LogP contribution in [0.4, 0.5) is 5.69 Å². The molecular weight excluding hydrogens is 224 g/mol. The molecule has 0 saturated carbocycles. The highest BCUT2D eigenvalue weighted by Crippen LogP contribution is 2.21. The van der Waals surface area contributed by atoms with Crippen LogP contribution >= 0.6 is 11.8 Å². The Morgan fingerprint density at radius 3 is 2.94 bits per heavy atom. The number of nitriles is 1. The van der Waals surface area contributed by atoms with Gasteiger partial charge in [-0.2, -0.15) is 5.26 Å². The highest BCUT2D eigenvalue weighted by molar-refractivity contribution is 7.99. The Morgan fingerprint density at radius 2 is 2.31 bits per heavy atom. The molecule has 0 aliphatic rings. The molecule has 1 aromatic rings.